The summed E-state index contributed by atoms with van der Waals surface area (Å²) in [5.74, 6) is 0.219. The maximum Gasteiger partial charge on any atom is 0.142 e. The Kier molecular flexibility index (Phi) is 3.29. The molecule has 0 bridgehead atoms. The molecule has 122 valence electrons. The first-order valence-corrected chi connectivity index (χ1v) is 7.86. The van der Waals surface area contributed by atoms with E-state index >= 15 is 0 Å². The fraction of sp³-hybridized carbons (Fsp3) is 0.105. The zero-order valence-electron chi connectivity index (χ0n) is 13.9. The second-order valence-electron chi connectivity index (χ2n) is 6.00. The average molecular weight is 328 g/mol. The highest BCUT2D eigenvalue weighted by Crippen LogP contribution is 2.33. The van der Waals surface area contributed by atoms with Crippen LogP contribution in [0.4, 0.5) is 5.82 Å². The second kappa shape index (κ2) is 5.49. The van der Waals surface area contributed by atoms with Gasteiger partial charge >= 0.3 is 0 Å². The number of hydrogen-bond acceptors (Lipinski definition) is 4. The second-order valence-corrected chi connectivity index (χ2v) is 6.00. The molecule has 6 heteroatoms. The molecule has 4 rings (SSSR count). The number of H-pyrrole nitrogens is 1. The number of nitrogen functional groups attached to an aromatic ring is 1. The van der Waals surface area contributed by atoms with Gasteiger partial charge in [0.25, 0.3) is 0 Å². The molecular weight excluding hydrogens is 312 g/mol. The van der Waals surface area contributed by atoms with E-state index < -0.39 is 0 Å². The smallest absolute Gasteiger partial charge is 0.142 e. The van der Waals surface area contributed by atoms with Gasteiger partial charge in [0, 0.05) is 41.0 Å². The maximum absolute atomic E-state index is 9.56. The maximum atomic E-state index is 9.56. The van der Waals surface area contributed by atoms with Gasteiger partial charge in [-0.3, -0.25) is 4.68 Å². The Morgan fingerprint density at radius 3 is 2.68 bits per heavy atom. The lowest BCUT2D eigenvalue weighted by atomic mass is 10.0. The molecule has 0 aliphatic carbocycles. The zero-order chi connectivity index (χ0) is 17.6. The molecule has 3 N–H and O–H groups in total. The first-order valence-electron chi connectivity index (χ1n) is 7.86. The zero-order valence-corrected chi connectivity index (χ0v) is 13.9. The first-order chi connectivity index (χ1) is 12.1. The SMILES string of the molecule is Cc1nn(C)cc1-c1cc(-c2cc3ccccc3[nH]2)c(C#N)c(N)n1. The van der Waals surface area contributed by atoms with Gasteiger partial charge in [-0.25, -0.2) is 4.98 Å². The van der Waals surface area contributed by atoms with E-state index in [0.29, 0.717) is 11.3 Å². The highest BCUT2D eigenvalue weighted by atomic mass is 15.2. The number of anilines is 1. The number of nitrogens with zero attached hydrogens (tertiary/aromatic N) is 4. The third kappa shape index (κ3) is 2.42. The summed E-state index contributed by atoms with van der Waals surface area (Å²) in [6, 6.07) is 14.1. The number of nitrogens with two attached hydrogens (primary N) is 1. The fourth-order valence-electron chi connectivity index (χ4n) is 3.10. The molecule has 0 spiro atoms. The molecule has 0 radical (unpaired) electrons. The Bertz CT molecular complexity index is 1110. The van der Waals surface area contributed by atoms with Gasteiger partial charge in [0.2, 0.25) is 0 Å². The van der Waals surface area contributed by atoms with Crippen molar-refractivity contribution < 1.29 is 0 Å². The van der Waals surface area contributed by atoms with E-state index in [1.54, 1.807) is 4.68 Å². The molecule has 1 aromatic carbocycles. The Hall–Kier alpha value is -3.59. The monoisotopic (exact) mass is 328 g/mol. The number of aryl methyl sites for hydroxylation is 2. The quantitative estimate of drug-likeness (QED) is 0.589. The lowest BCUT2D eigenvalue weighted by molar-refractivity contribution is 0.756. The summed E-state index contributed by atoms with van der Waals surface area (Å²) in [7, 11) is 1.86. The summed E-state index contributed by atoms with van der Waals surface area (Å²) in [5.41, 5.74) is 11.5. The van der Waals surface area contributed by atoms with Crippen molar-refractivity contribution in [1.82, 2.24) is 19.7 Å². The van der Waals surface area contributed by atoms with Crippen LogP contribution in [0.3, 0.4) is 0 Å². The topological polar surface area (TPSA) is 96.3 Å². The molecule has 3 heterocycles. The Morgan fingerprint density at radius 2 is 2.00 bits per heavy atom. The number of aromatic amines is 1. The normalized spacial score (nSPS) is 10.9. The molecule has 0 unspecified atom stereocenters. The van der Waals surface area contributed by atoms with Crippen LogP contribution < -0.4 is 5.73 Å². The van der Waals surface area contributed by atoms with Crippen LogP contribution >= 0.6 is 0 Å². The molecule has 4 aromatic rings. The number of fused-ring (bicyclic) bond motifs is 1. The van der Waals surface area contributed by atoms with Crippen LogP contribution in [0.5, 0.6) is 0 Å². The number of nitrogens with one attached hydrogen (secondary N) is 1. The minimum absolute atomic E-state index is 0.219. The molecule has 0 saturated carbocycles. The van der Waals surface area contributed by atoms with Crippen LogP contribution in [-0.2, 0) is 7.05 Å². The highest BCUT2D eigenvalue weighted by Gasteiger charge is 2.17. The summed E-state index contributed by atoms with van der Waals surface area (Å²) < 4.78 is 1.74. The molecule has 25 heavy (non-hydrogen) atoms. The van der Waals surface area contributed by atoms with Gasteiger partial charge in [0.1, 0.15) is 17.5 Å². The number of benzene rings is 1. The van der Waals surface area contributed by atoms with Gasteiger partial charge in [-0.15, -0.1) is 0 Å². The first kappa shape index (κ1) is 15.0. The summed E-state index contributed by atoms with van der Waals surface area (Å²) in [5, 5.41) is 15.0. The lowest BCUT2D eigenvalue weighted by Gasteiger charge is -2.08. The minimum Gasteiger partial charge on any atom is -0.383 e. The van der Waals surface area contributed by atoms with Gasteiger partial charge in [-0.1, -0.05) is 18.2 Å². The molecule has 0 atom stereocenters. The Labute approximate surface area is 144 Å². The van der Waals surface area contributed by atoms with Crippen molar-refractivity contribution in [1.29, 1.82) is 5.26 Å². The lowest BCUT2D eigenvalue weighted by Crippen LogP contribution is -2.00. The van der Waals surface area contributed by atoms with E-state index in [1.807, 2.05) is 56.6 Å². The Balaban J connectivity index is 1.97. The van der Waals surface area contributed by atoms with Gasteiger partial charge in [-0.2, -0.15) is 10.4 Å². The standard InChI is InChI=1S/C19H16N6/c1-11-15(10-25(2)24-11)18-8-13(14(9-20)19(21)23-18)17-7-12-5-3-4-6-16(12)22-17/h3-8,10,22H,1-2H3,(H2,21,23). The van der Waals surface area contributed by atoms with Gasteiger partial charge < -0.3 is 10.7 Å². The van der Waals surface area contributed by atoms with Crippen molar-refractivity contribution in [2.45, 2.75) is 6.92 Å². The van der Waals surface area contributed by atoms with Crippen molar-refractivity contribution in [3.05, 3.63) is 53.9 Å². The van der Waals surface area contributed by atoms with E-state index in [2.05, 4.69) is 21.1 Å². The van der Waals surface area contributed by atoms with Crippen molar-refractivity contribution in [2.24, 2.45) is 7.05 Å². The van der Waals surface area contributed by atoms with Crippen LogP contribution in [0.1, 0.15) is 11.3 Å². The third-order valence-electron chi connectivity index (χ3n) is 4.27. The number of pyridine rings is 1. The van der Waals surface area contributed by atoms with Crippen LogP contribution in [0.25, 0.3) is 33.4 Å². The molecule has 3 aromatic heterocycles. The van der Waals surface area contributed by atoms with E-state index in [-0.39, 0.29) is 5.82 Å². The predicted octanol–water partition coefficient (Wildman–Crippen LogP) is 3.39. The number of para-hydroxylation sites is 1. The number of hydrogen-bond donors (Lipinski definition) is 2. The summed E-state index contributed by atoms with van der Waals surface area (Å²) >= 11 is 0. The average Bonchev–Trinajstić information content (AvgIpc) is 3.16. The largest absolute Gasteiger partial charge is 0.383 e. The van der Waals surface area contributed by atoms with Gasteiger partial charge in [0.15, 0.2) is 0 Å². The van der Waals surface area contributed by atoms with Crippen molar-refractivity contribution >= 4 is 16.7 Å². The summed E-state index contributed by atoms with van der Waals surface area (Å²) in [6.07, 6.45) is 1.90. The molecule has 0 saturated heterocycles. The summed E-state index contributed by atoms with van der Waals surface area (Å²) in [6.45, 7) is 1.92. The van der Waals surface area contributed by atoms with E-state index in [4.69, 9.17) is 5.73 Å². The third-order valence-corrected chi connectivity index (χ3v) is 4.27. The van der Waals surface area contributed by atoms with Crippen LogP contribution in [-0.4, -0.2) is 19.7 Å². The van der Waals surface area contributed by atoms with Crippen molar-refractivity contribution in [2.75, 3.05) is 5.73 Å². The molecule has 0 fully saturated rings. The molecule has 0 amide bonds. The molecule has 6 nitrogen and oxygen atoms in total. The molecule has 0 aliphatic heterocycles. The minimum atomic E-state index is 0.219. The molecule has 0 aliphatic rings. The predicted molar refractivity (Wildman–Crippen MR) is 97.6 cm³/mol. The van der Waals surface area contributed by atoms with Crippen molar-refractivity contribution in [3.63, 3.8) is 0 Å². The van der Waals surface area contributed by atoms with Crippen LogP contribution in [0, 0.1) is 18.3 Å². The number of aromatic nitrogens is 4. The van der Waals surface area contributed by atoms with E-state index in [0.717, 1.165) is 33.4 Å². The number of rotatable bonds is 2. The van der Waals surface area contributed by atoms with E-state index in [9.17, 15) is 5.26 Å². The van der Waals surface area contributed by atoms with Crippen LogP contribution in [0.15, 0.2) is 42.6 Å². The van der Waals surface area contributed by atoms with E-state index in [1.165, 1.54) is 0 Å². The van der Waals surface area contributed by atoms with Gasteiger partial charge in [-0.05, 0) is 25.1 Å². The van der Waals surface area contributed by atoms with Gasteiger partial charge in [0.05, 0.1) is 11.4 Å². The summed E-state index contributed by atoms with van der Waals surface area (Å²) in [4.78, 5) is 7.77. The van der Waals surface area contributed by atoms with Crippen LogP contribution in [0.2, 0.25) is 0 Å². The fourth-order valence-corrected chi connectivity index (χ4v) is 3.10. The highest BCUT2D eigenvalue weighted by molar-refractivity contribution is 5.89. The van der Waals surface area contributed by atoms with Crippen molar-refractivity contribution in [3.8, 4) is 28.6 Å². The Morgan fingerprint density at radius 1 is 1.20 bits per heavy atom. The molecular formula is C19H16N6. The number of nitriles is 1.